The highest BCUT2D eigenvalue weighted by Gasteiger charge is 2.21. The molecule has 0 bridgehead atoms. The molecule has 0 saturated carbocycles. The van der Waals surface area contributed by atoms with Crippen LogP contribution in [0, 0.1) is 0 Å². The van der Waals surface area contributed by atoms with Crippen molar-refractivity contribution in [3.63, 3.8) is 0 Å². The molecule has 1 heterocycles. The topological polar surface area (TPSA) is 43.1 Å². The summed E-state index contributed by atoms with van der Waals surface area (Å²) in [5, 5.41) is 3.52. The first-order valence-corrected chi connectivity index (χ1v) is 7.94. The van der Waals surface area contributed by atoms with Gasteiger partial charge in [-0.05, 0) is 22.9 Å². The average Bonchev–Trinajstić information content (AvgIpc) is 2.63. The lowest BCUT2D eigenvalue weighted by Crippen LogP contribution is -2.06. The fraction of sp³-hybridized carbons (Fsp3) is 0. The summed E-state index contributed by atoms with van der Waals surface area (Å²) < 4.78 is 5.98. The van der Waals surface area contributed by atoms with E-state index in [-0.39, 0.29) is 10.5 Å². The molecule has 24 heavy (non-hydrogen) atoms. The van der Waals surface area contributed by atoms with Gasteiger partial charge >= 0.3 is 0 Å². The first-order valence-electron chi connectivity index (χ1n) is 7.56. The molecule has 3 aromatic carbocycles. The van der Waals surface area contributed by atoms with Crippen molar-refractivity contribution in [1.29, 1.82) is 0 Å². The van der Waals surface area contributed by atoms with Crippen molar-refractivity contribution in [2.45, 2.75) is 0 Å². The van der Waals surface area contributed by atoms with Gasteiger partial charge in [0, 0.05) is 10.8 Å². The van der Waals surface area contributed by atoms with Crippen LogP contribution in [-0.2, 0) is 0 Å². The fourth-order valence-corrected chi connectivity index (χ4v) is 3.38. The maximum Gasteiger partial charge on any atom is 0.208 e. The zero-order chi connectivity index (χ0) is 16.3. The van der Waals surface area contributed by atoms with E-state index >= 15 is 0 Å². The number of hydrogen-bond donors (Lipinski definition) is 0. The first kappa shape index (κ1) is 13.5. The van der Waals surface area contributed by atoms with Crippen molar-refractivity contribution in [2.75, 3.05) is 0 Å². The highest BCUT2D eigenvalue weighted by atomic mass is 35.5. The molecule has 2 aliphatic rings. The normalized spacial score (nSPS) is 11.7. The van der Waals surface area contributed by atoms with Crippen LogP contribution >= 0.6 is 11.6 Å². The second kappa shape index (κ2) is 4.79. The molecule has 4 heteroatoms. The van der Waals surface area contributed by atoms with Crippen LogP contribution in [0.1, 0.15) is 0 Å². The van der Waals surface area contributed by atoms with Gasteiger partial charge in [0.05, 0.1) is 0 Å². The van der Waals surface area contributed by atoms with Crippen LogP contribution in [0.2, 0.25) is 5.02 Å². The van der Waals surface area contributed by atoms with Gasteiger partial charge in [0.1, 0.15) is 16.2 Å². The number of rotatable bonds is 0. The molecule has 1 aliphatic carbocycles. The van der Waals surface area contributed by atoms with E-state index in [1.807, 2.05) is 54.6 Å². The lowest BCUT2D eigenvalue weighted by Gasteiger charge is -2.11. The van der Waals surface area contributed by atoms with Gasteiger partial charge in [0.25, 0.3) is 0 Å². The van der Waals surface area contributed by atoms with Crippen molar-refractivity contribution >= 4 is 44.2 Å². The number of hydrogen-bond acceptors (Lipinski definition) is 3. The third kappa shape index (κ3) is 1.79. The SMILES string of the molecule is O=c1c(Cl)c2oc3cc4ccccc4cc3nc-2c2ccccc12. The molecule has 5 rings (SSSR count). The first-order chi connectivity index (χ1) is 11.7. The Morgan fingerprint density at radius 3 is 2.33 bits per heavy atom. The predicted molar refractivity (Wildman–Crippen MR) is 96.9 cm³/mol. The minimum absolute atomic E-state index is 0.0752. The van der Waals surface area contributed by atoms with Crippen molar-refractivity contribution < 1.29 is 4.42 Å². The van der Waals surface area contributed by atoms with Crippen molar-refractivity contribution in [2.24, 2.45) is 0 Å². The van der Waals surface area contributed by atoms with Crippen LogP contribution in [0.4, 0.5) is 0 Å². The maximum atomic E-state index is 12.5. The monoisotopic (exact) mass is 331 g/mol. The van der Waals surface area contributed by atoms with E-state index in [4.69, 9.17) is 21.0 Å². The van der Waals surface area contributed by atoms with Crippen LogP contribution in [0.3, 0.4) is 0 Å². The molecule has 0 amide bonds. The van der Waals surface area contributed by atoms with Gasteiger partial charge in [0.15, 0.2) is 11.3 Å². The van der Waals surface area contributed by atoms with E-state index in [0.29, 0.717) is 22.4 Å². The van der Waals surface area contributed by atoms with Crippen molar-refractivity contribution in [3.8, 4) is 11.5 Å². The Hall–Kier alpha value is -2.91. The fourth-order valence-electron chi connectivity index (χ4n) is 3.15. The van der Waals surface area contributed by atoms with Crippen LogP contribution in [0.15, 0.2) is 69.9 Å². The molecule has 0 spiro atoms. The second-order valence-electron chi connectivity index (χ2n) is 5.75. The van der Waals surface area contributed by atoms with E-state index in [9.17, 15) is 4.79 Å². The van der Waals surface area contributed by atoms with E-state index in [0.717, 1.165) is 21.7 Å². The lowest BCUT2D eigenvalue weighted by molar-refractivity contribution is 0.614. The Morgan fingerprint density at radius 2 is 1.54 bits per heavy atom. The van der Waals surface area contributed by atoms with Crippen LogP contribution in [0.25, 0.3) is 44.1 Å². The molecule has 0 aromatic heterocycles. The van der Waals surface area contributed by atoms with Crippen molar-refractivity contribution in [3.05, 3.63) is 75.9 Å². The summed E-state index contributed by atoms with van der Waals surface area (Å²) >= 11 is 6.28. The minimum Gasteiger partial charge on any atom is -0.451 e. The van der Waals surface area contributed by atoms with E-state index < -0.39 is 0 Å². The van der Waals surface area contributed by atoms with E-state index in [2.05, 4.69) is 0 Å². The molecule has 114 valence electrons. The molecule has 0 N–H and O–H groups in total. The Balaban J connectivity index is 2.03. The van der Waals surface area contributed by atoms with Crippen LogP contribution in [-0.4, -0.2) is 4.98 Å². The van der Waals surface area contributed by atoms with Gasteiger partial charge in [-0.25, -0.2) is 4.98 Å². The zero-order valence-electron chi connectivity index (χ0n) is 12.4. The molecule has 0 saturated heterocycles. The van der Waals surface area contributed by atoms with Crippen LogP contribution < -0.4 is 5.43 Å². The van der Waals surface area contributed by atoms with Gasteiger partial charge in [-0.3, -0.25) is 4.79 Å². The summed E-state index contributed by atoms with van der Waals surface area (Å²) in [5.41, 5.74) is 1.72. The molecule has 0 atom stereocenters. The predicted octanol–water partition coefficient (Wildman–Crippen LogP) is 5.25. The van der Waals surface area contributed by atoms with Crippen LogP contribution in [0.5, 0.6) is 0 Å². The van der Waals surface area contributed by atoms with E-state index in [1.54, 1.807) is 6.07 Å². The summed E-state index contributed by atoms with van der Waals surface area (Å²) in [4.78, 5) is 17.2. The van der Waals surface area contributed by atoms with E-state index in [1.165, 1.54) is 0 Å². The Kier molecular flexibility index (Phi) is 2.70. The van der Waals surface area contributed by atoms with Gasteiger partial charge < -0.3 is 4.42 Å². The van der Waals surface area contributed by atoms with Gasteiger partial charge in [0.2, 0.25) is 5.43 Å². The molecular formula is C20H10ClNO2. The number of aromatic nitrogens is 1. The number of fused-ring (bicyclic) bond motifs is 5. The maximum absolute atomic E-state index is 12.5. The highest BCUT2D eigenvalue weighted by molar-refractivity contribution is 6.34. The van der Waals surface area contributed by atoms with Gasteiger partial charge in [-0.1, -0.05) is 60.1 Å². The number of halogens is 1. The molecule has 0 unspecified atom stereocenters. The Bertz CT molecular complexity index is 1290. The zero-order valence-corrected chi connectivity index (χ0v) is 13.2. The molecule has 1 aliphatic heterocycles. The van der Waals surface area contributed by atoms with Gasteiger partial charge in [-0.2, -0.15) is 0 Å². The lowest BCUT2D eigenvalue weighted by atomic mass is 10.0. The molecule has 0 fully saturated rings. The summed E-state index contributed by atoms with van der Waals surface area (Å²) in [7, 11) is 0. The largest absolute Gasteiger partial charge is 0.451 e. The summed E-state index contributed by atoms with van der Waals surface area (Å²) in [5.74, 6) is 0.336. The highest BCUT2D eigenvalue weighted by Crippen LogP contribution is 2.35. The van der Waals surface area contributed by atoms with Gasteiger partial charge in [-0.15, -0.1) is 0 Å². The second-order valence-corrected chi connectivity index (χ2v) is 6.13. The Labute approximate surface area is 141 Å². The third-order valence-corrected chi connectivity index (χ3v) is 4.66. The average molecular weight is 332 g/mol. The number of nitrogens with zero attached hydrogens (tertiary/aromatic N) is 1. The molecule has 0 radical (unpaired) electrons. The molecule has 3 nitrogen and oxygen atoms in total. The smallest absolute Gasteiger partial charge is 0.208 e. The minimum atomic E-state index is -0.231. The molecule has 3 aromatic rings. The Morgan fingerprint density at radius 1 is 0.875 bits per heavy atom. The quantitative estimate of drug-likeness (QED) is 0.287. The summed E-state index contributed by atoms with van der Waals surface area (Å²) in [6, 6.07) is 19.2. The number of benzene rings is 4. The summed E-state index contributed by atoms with van der Waals surface area (Å²) in [6.45, 7) is 0. The standard InChI is InChI=1S/C20H10ClNO2/c21-17-19(23)14-8-4-3-7-13(14)18-20(17)24-16-10-12-6-2-1-5-11(12)9-15(16)22-18/h1-10H. The van der Waals surface area contributed by atoms with Crippen molar-refractivity contribution in [1.82, 2.24) is 4.98 Å². The molecular weight excluding hydrogens is 322 g/mol. The third-order valence-electron chi connectivity index (χ3n) is 4.31. The summed E-state index contributed by atoms with van der Waals surface area (Å²) in [6.07, 6.45) is 0.